The summed E-state index contributed by atoms with van der Waals surface area (Å²) in [6, 6.07) is 5.89. The normalized spacial score (nSPS) is 19.2. The fraction of sp³-hybridized carbons (Fsp3) is 0.500. The molecule has 0 amide bonds. The highest BCUT2D eigenvalue weighted by molar-refractivity contribution is 7.91. The monoisotopic (exact) mass is 386 g/mol. The first-order chi connectivity index (χ1) is 13.0. The molecule has 3 heterocycles. The summed E-state index contributed by atoms with van der Waals surface area (Å²) in [6.45, 7) is 5.96. The van der Waals surface area contributed by atoms with Crippen molar-refractivity contribution < 1.29 is 8.42 Å². The fourth-order valence-corrected chi connectivity index (χ4v) is 5.63. The van der Waals surface area contributed by atoms with Crippen LogP contribution < -0.4 is 10.6 Å². The van der Waals surface area contributed by atoms with Crippen LogP contribution in [0.15, 0.2) is 29.4 Å². The van der Waals surface area contributed by atoms with Crippen molar-refractivity contribution in [2.75, 3.05) is 17.6 Å². The van der Waals surface area contributed by atoms with Gasteiger partial charge in [0.25, 0.3) is 0 Å². The van der Waals surface area contributed by atoms with E-state index in [2.05, 4.69) is 40.5 Å². The average molecular weight is 387 g/mol. The van der Waals surface area contributed by atoms with Crippen molar-refractivity contribution in [1.82, 2.24) is 15.3 Å². The molecule has 0 aliphatic carbocycles. The van der Waals surface area contributed by atoms with Crippen LogP contribution in [0.4, 0.5) is 5.82 Å². The lowest BCUT2D eigenvalue weighted by molar-refractivity contribution is 0.539. The van der Waals surface area contributed by atoms with Crippen LogP contribution in [0, 0.1) is 5.92 Å². The summed E-state index contributed by atoms with van der Waals surface area (Å²) >= 11 is 0. The molecule has 0 unspecified atom stereocenters. The summed E-state index contributed by atoms with van der Waals surface area (Å²) in [6.07, 6.45) is 4.05. The Hall–Kier alpha value is -1.99. The molecule has 4 rings (SSSR count). The Morgan fingerprint density at radius 3 is 2.85 bits per heavy atom. The van der Waals surface area contributed by atoms with Crippen molar-refractivity contribution in [3.63, 3.8) is 0 Å². The van der Waals surface area contributed by atoms with Gasteiger partial charge in [0.2, 0.25) is 0 Å². The molecule has 144 valence electrons. The lowest BCUT2D eigenvalue weighted by Crippen LogP contribution is -2.27. The maximum Gasteiger partial charge on any atom is 0.178 e. The van der Waals surface area contributed by atoms with E-state index in [1.165, 1.54) is 0 Å². The summed E-state index contributed by atoms with van der Waals surface area (Å²) in [5.41, 5.74) is 4.13. The topological polar surface area (TPSA) is 84.0 Å². The summed E-state index contributed by atoms with van der Waals surface area (Å²) in [4.78, 5) is 9.39. The number of benzene rings is 1. The van der Waals surface area contributed by atoms with Gasteiger partial charge in [0.15, 0.2) is 9.84 Å². The number of fused-ring (bicyclic) bond motifs is 2. The summed E-state index contributed by atoms with van der Waals surface area (Å²) in [7, 11) is -3.17. The molecule has 27 heavy (non-hydrogen) atoms. The Labute approximate surface area is 160 Å². The van der Waals surface area contributed by atoms with Crippen LogP contribution in [-0.2, 0) is 29.2 Å². The van der Waals surface area contributed by atoms with Gasteiger partial charge in [-0.25, -0.2) is 18.4 Å². The van der Waals surface area contributed by atoms with Crippen LogP contribution >= 0.6 is 0 Å². The molecule has 2 aromatic rings. The Morgan fingerprint density at radius 1 is 1.19 bits per heavy atom. The number of sulfone groups is 1. The molecule has 0 saturated carbocycles. The highest BCUT2D eigenvalue weighted by Gasteiger charge is 2.27. The molecule has 1 aromatic heterocycles. The molecule has 2 aliphatic heterocycles. The summed E-state index contributed by atoms with van der Waals surface area (Å²) < 4.78 is 25.0. The summed E-state index contributed by atoms with van der Waals surface area (Å²) in [5, 5.41) is 6.95. The van der Waals surface area contributed by atoms with Crippen LogP contribution in [-0.4, -0.2) is 30.7 Å². The van der Waals surface area contributed by atoms with Crippen LogP contribution in [0.1, 0.15) is 48.7 Å². The van der Waals surface area contributed by atoms with E-state index < -0.39 is 9.84 Å². The predicted octanol–water partition coefficient (Wildman–Crippen LogP) is 2.65. The number of aromatic nitrogens is 2. The van der Waals surface area contributed by atoms with Crippen LogP contribution in [0.3, 0.4) is 0 Å². The second-order valence-electron chi connectivity index (χ2n) is 7.73. The highest BCUT2D eigenvalue weighted by Crippen LogP contribution is 2.33. The van der Waals surface area contributed by atoms with Crippen molar-refractivity contribution in [1.29, 1.82) is 0 Å². The molecule has 0 radical (unpaired) electrons. The van der Waals surface area contributed by atoms with Crippen molar-refractivity contribution in [2.45, 2.75) is 50.6 Å². The Balaban J connectivity index is 1.71. The van der Waals surface area contributed by atoms with Gasteiger partial charge in [-0.3, -0.25) is 0 Å². The first-order valence-corrected chi connectivity index (χ1v) is 11.3. The molecule has 0 saturated heterocycles. The molecular weight excluding hydrogens is 360 g/mol. The Kier molecular flexibility index (Phi) is 4.90. The van der Waals surface area contributed by atoms with Gasteiger partial charge in [0.1, 0.15) is 12.1 Å². The molecule has 7 heteroatoms. The van der Waals surface area contributed by atoms with Crippen LogP contribution in [0.2, 0.25) is 0 Å². The third kappa shape index (κ3) is 3.58. The Bertz CT molecular complexity index is 956. The minimum Gasteiger partial charge on any atom is -0.363 e. The molecule has 2 N–H and O–H groups in total. The second kappa shape index (κ2) is 7.20. The van der Waals surface area contributed by atoms with E-state index in [-0.39, 0.29) is 17.7 Å². The number of nitrogens with zero attached hydrogens (tertiary/aromatic N) is 2. The number of nitrogens with one attached hydrogen (secondary N) is 2. The fourth-order valence-electron chi connectivity index (χ4n) is 4.00. The molecule has 2 aliphatic rings. The standard InChI is InChI=1S/C20H26N4O2S/c1-13(2)19(24-20-16-11-21-8-7-17(16)22-12-23-20)15-6-5-14-4-3-9-27(25,26)18(14)10-15/h5-6,10,12-13,19,21H,3-4,7-9,11H2,1-2H3,(H,22,23,24)/t19-/m1/s1. The van der Waals surface area contributed by atoms with Gasteiger partial charge in [0.05, 0.1) is 22.4 Å². The zero-order valence-corrected chi connectivity index (χ0v) is 16.6. The highest BCUT2D eigenvalue weighted by atomic mass is 32.2. The zero-order chi connectivity index (χ0) is 19.0. The van der Waals surface area contributed by atoms with Gasteiger partial charge in [0, 0.05) is 25.1 Å². The lowest BCUT2D eigenvalue weighted by Gasteiger charge is -2.28. The van der Waals surface area contributed by atoms with Gasteiger partial charge in [-0.15, -0.1) is 0 Å². The van der Waals surface area contributed by atoms with Gasteiger partial charge < -0.3 is 10.6 Å². The second-order valence-corrected chi connectivity index (χ2v) is 9.81. The quantitative estimate of drug-likeness (QED) is 0.840. The molecule has 0 fully saturated rings. The van der Waals surface area contributed by atoms with Gasteiger partial charge in [-0.1, -0.05) is 26.0 Å². The van der Waals surface area contributed by atoms with E-state index in [1.54, 1.807) is 6.33 Å². The minimum atomic E-state index is -3.17. The molecular formula is C20H26N4O2S. The van der Waals surface area contributed by atoms with E-state index in [4.69, 9.17) is 0 Å². The first kappa shape index (κ1) is 18.4. The number of anilines is 1. The average Bonchev–Trinajstić information content (AvgIpc) is 2.66. The number of aryl methyl sites for hydroxylation is 1. The van der Waals surface area contributed by atoms with Crippen molar-refractivity contribution in [3.8, 4) is 0 Å². The van der Waals surface area contributed by atoms with Crippen LogP contribution in [0.5, 0.6) is 0 Å². The van der Waals surface area contributed by atoms with Gasteiger partial charge in [-0.2, -0.15) is 0 Å². The lowest BCUT2D eigenvalue weighted by atomic mass is 9.94. The van der Waals surface area contributed by atoms with E-state index in [0.717, 1.165) is 54.1 Å². The maximum atomic E-state index is 12.5. The van der Waals surface area contributed by atoms with E-state index in [9.17, 15) is 8.42 Å². The third-order valence-electron chi connectivity index (χ3n) is 5.48. The minimum absolute atomic E-state index is 0.0200. The SMILES string of the molecule is CC(C)[C@@H](Nc1ncnc2c1CNCC2)c1ccc2c(c1)S(=O)(=O)CCC2. The number of hydrogen-bond donors (Lipinski definition) is 2. The zero-order valence-electron chi connectivity index (χ0n) is 15.8. The molecule has 1 atom stereocenters. The maximum absolute atomic E-state index is 12.5. The van der Waals surface area contributed by atoms with Crippen molar-refractivity contribution in [3.05, 3.63) is 46.9 Å². The van der Waals surface area contributed by atoms with Gasteiger partial charge in [-0.05, 0) is 36.0 Å². The van der Waals surface area contributed by atoms with Crippen molar-refractivity contribution >= 4 is 15.7 Å². The first-order valence-electron chi connectivity index (χ1n) is 9.61. The molecule has 6 nitrogen and oxygen atoms in total. The van der Waals surface area contributed by atoms with Crippen molar-refractivity contribution in [2.24, 2.45) is 5.92 Å². The van der Waals surface area contributed by atoms with Gasteiger partial charge >= 0.3 is 0 Å². The predicted molar refractivity (Wildman–Crippen MR) is 105 cm³/mol. The number of rotatable bonds is 4. The molecule has 0 spiro atoms. The smallest absolute Gasteiger partial charge is 0.178 e. The van der Waals surface area contributed by atoms with E-state index >= 15 is 0 Å². The van der Waals surface area contributed by atoms with E-state index in [1.807, 2.05) is 12.1 Å². The Morgan fingerprint density at radius 2 is 2.04 bits per heavy atom. The molecule has 1 aromatic carbocycles. The van der Waals surface area contributed by atoms with Crippen LogP contribution in [0.25, 0.3) is 0 Å². The number of hydrogen-bond acceptors (Lipinski definition) is 6. The third-order valence-corrected chi connectivity index (χ3v) is 7.35. The molecule has 0 bridgehead atoms. The van der Waals surface area contributed by atoms with E-state index in [0.29, 0.717) is 11.3 Å². The largest absolute Gasteiger partial charge is 0.363 e. The summed E-state index contributed by atoms with van der Waals surface area (Å²) in [5.74, 6) is 1.36.